The maximum Gasteiger partial charge on any atom is 0.244 e. The van der Waals surface area contributed by atoms with Crippen LogP contribution in [0.15, 0.2) is 47.9 Å². The number of allylic oxidation sites excluding steroid dienone is 1. The second kappa shape index (κ2) is 8.94. The molecule has 4 N–H and O–H groups in total. The van der Waals surface area contributed by atoms with E-state index in [9.17, 15) is 10.4 Å². The first-order valence-corrected chi connectivity index (χ1v) is 12.1. The van der Waals surface area contributed by atoms with E-state index in [1.807, 2.05) is 43.3 Å². The van der Waals surface area contributed by atoms with Crippen molar-refractivity contribution in [3.05, 3.63) is 70.1 Å². The Bertz CT molecular complexity index is 1330. The zero-order chi connectivity index (χ0) is 26.4. The fourth-order valence-electron chi connectivity index (χ4n) is 4.65. The molecule has 7 nitrogen and oxygen atoms in total. The number of phenolic OH excluding ortho intramolecular Hbond substituents is 1. The van der Waals surface area contributed by atoms with Crippen LogP contribution >= 0.6 is 0 Å². The summed E-state index contributed by atoms with van der Waals surface area (Å²) < 4.78 is 11.4. The van der Waals surface area contributed by atoms with E-state index in [2.05, 4.69) is 57.8 Å². The van der Waals surface area contributed by atoms with Crippen molar-refractivity contribution in [2.24, 2.45) is 5.73 Å². The zero-order valence-corrected chi connectivity index (χ0v) is 22.0. The summed E-state index contributed by atoms with van der Waals surface area (Å²) in [6.07, 6.45) is 0. The van der Waals surface area contributed by atoms with Crippen LogP contribution in [0.5, 0.6) is 17.4 Å². The van der Waals surface area contributed by atoms with Crippen molar-refractivity contribution < 1.29 is 14.6 Å². The van der Waals surface area contributed by atoms with Gasteiger partial charge in [0.05, 0.1) is 23.8 Å². The highest BCUT2D eigenvalue weighted by molar-refractivity contribution is 5.72. The molecule has 1 aliphatic rings. The molecule has 0 amide bonds. The first kappa shape index (κ1) is 25.2. The van der Waals surface area contributed by atoms with Crippen LogP contribution in [0.1, 0.15) is 76.6 Å². The van der Waals surface area contributed by atoms with Crippen LogP contribution in [0.2, 0.25) is 0 Å². The molecule has 3 aromatic rings. The fraction of sp³-hybridized carbons (Fsp3) is 0.379. The molecular formula is C29H34N4O3. The Morgan fingerprint density at radius 3 is 2.17 bits per heavy atom. The molecule has 1 atom stereocenters. The van der Waals surface area contributed by atoms with E-state index < -0.39 is 5.92 Å². The molecule has 1 aliphatic heterocycles. The van der Waals surface area contributed by atoms with Gasteiger partial charge in [0.15, 0.2) is 0 Å². The first-order valence-electron chi connectivity index (χ1n) is 12.1. The van der Waals surface area contributed by atoms with E-state index in [1.165, 1.54) is 0 Å². The van der Waals surface area contributed by atoms with Gasteiger partial charge >= 0.3 is 0 Å². The lowest BCUT2D eigenvalue weighted by atomic mass is 9.74. The van der Waals surface area contributed by atoms with Gasteiger partial charge in [-0.3, -0.25) is 5.10 Å². The number of aromatic amines is 1. The average molecular weight is 487 g/mol. The van der Waals surface area contributed by atoms with Gasteiger partial charge in [-0.2, -0.15) is 5.26 Å². The van der Waals surface area contributed by atoms with Gasteiger partial charge in [-0.05, 0) is 58.7 Å². The lowest BCUT2D eigenvalue weighted by Gasteiger charge is -2.31. The Hall–Kier alpha value is -3.92. The summed E-state index contributed by atoms with van der Waals surface area (Å²) in [5.74, 6) is 0.889. The number of nitrogens with one attached hydrogen (secondary N) is 1. The number of hydrogen-bond acceptors (Lipinski definition) is 6. The van der Waals surface area contributed by atoms with Gasteiger partial charge in [0.25, 0.3) is 0 Å². The van der Waals surface area contributed by atoms with Crippen LogP contribution in [0, 0.1) is 11.3 Å². The molecular weight excluding hydrogens is 452 g/mol. The molecule has 2 aromatic carbocycles. The number of H-pyrrole nitrogens is 1. The number of aromatic hydroxyl groups is 1. The Morgan fingerprint density at radius 2 is 1.67 bits per heavy atom. The average Bonchev–Trinajstić information content (AvgIpc) is 3.21. The second-order valence-electron chi connectivity index (χ2n) is 11.2. The quantitative estimate of drug-likeness (QED) is 0.417. The highest BCUT2D eigenvalue weighted by Gasteiger charge is 2.37. The van der Waals surface area contributed by atoms with E-state index >= 15 is 0 Å². The third-order valence-corrected chi connectivity index (χ3v) is 6.47. The number of fused-ring (bicyclic) bond motifs is 1. The molecule has 7 heteroatoms. The first-order chi connectivity index (χ1) is 16.9. The van der Waals surface area contributed by atoms with Crippen molar-refractivity contribution in [2.45, 2.75) is 65.2 Å². The lowest BCUT2D eigenvalue weighted by Crippen LogP contribution is -2.23. The van der Waals surface area contributed by atoms with Crippen molar-refractivity contribution >= 4 is 0 Å². The van der Waals surface area contributed by atoms with Crippen LogP contribution < -0.4 is 15.2 Å². The predicted molar refractivity (Wildman–Crippen MR) is 140 cm³/mol. The molecule has 36 heavy (non-hydrogen) atoms. The minimum Gasteiger partial charge on any atom is -0.507 e. The molecule has 0 saturated carbocycles. The van der Waals surface area contributed by atoms with E-state index in [0.717, 1.165) is 39.3 Å². The third-order valence-electron chi connectivity index (χ3n) is 6.47. The lowest BCUT2D eigenvalue weighted by molar-refractivity contribution is 0.340. The Balaban J connectivity index is 1.99. The maximum absolute atomic E-state index is 11.3. The van der Waals surface area contributed by atoms with Crippen molar-refractivity contribution in [3.63, 3.8) is 0 Å². The van der Waals surface area contributed by atoms with Crippen molar-refractivity contribution in [1.29, 1.82) is 5.26 Å². The van der Waals surface area contributed by atoms with Crippen molar-refractivity contribution in [1.82, 2.24) is 10.2 Å². The molecule has 4 rings (SSSR count). The van der Waals surface area contributed by atoms with Gasteiger partial charge in [0.2, 0.25) is 11.8 Å². The number of ether oxygens (including phenoxy) is 2. The van der Waals surface area contributed by atoms with Gasteiger partial charge < -0.3 is 20.3 Å². The second-order valence-corrected chi connectivity index (χ2v) is 11.2. The molecule has 0 radical (unpaired) electrons. The number of nitriles is 1. The van der Waals surface area contributed by atoms with Crippen LogP contribution in [0.25, 0.3) is 11.3 Å². The van der Waals surface area contributed by atoms with Crippen molar-refractivity contribution in [3.8, 4) is 34.7 Å². The van der Waals surface area contributed by atoms with Crippen molar-refractivity contribution in [2.75, 3.05) is 6.61 Å². The van der Waals surface area contributed by atoms with Gasteiger partial charge in [-0.25, -0.2) is 0 Å². The SMILES string of the molecule is CCOc1ccc(-c2[nH]nc3c2[C@H](c2cc(C(C)(C)C)c(O)c(C(C)(C)C)c2)C(C#N)=C(N)O3)cc1. The molecule has 0 unspecified atom stereocenters. The normalized spacial score (nSPS) is 15.8. The van der Waals surface area contributed by atoms with E-state index in [0.29, 0.717) is 18.1 Å². The smallest absolute Gasteiger partial charge is 0.244 e. The molecule has 2 heterocycles. The van der Waals surface area contributed by atoms with Gasteiger partial charge in [-0.1, -0.05) is 53.7 Å². The van der Waals surface area contributed by atoms with Crippen LogP contribution in [0.3, 0.4) is 0 Å². The highest BCUT2D eigenvalue weighted by atomic mass is 16.5. The van der Waals surface area contributed by atoms with Gasteiger partial charge in [0.1, 0.15) is 23.1 Å². The summed E-state index contributed by atoms with van der Waals surface area (Å²) in [5, 5.41) is 28.9. The van der Waals surface area contributed by atoms with Gasteiger partial charge in [-0.15, -0.1) is 5.10 Å². The Morgan fingerprint density at radius 1 is 1.08 bits per heavy atom. The number of rotatable bonds is 4. The number of aromatic nitrogens is 2. The van der Waals surface area contributed by atoms with Crippen LogP contribution in [0.4, 0.5) is 0 Å². The molecule has 0 fully saturated rings. The van der Waals surface area contributed by atoms with E-state index in [-0.39, 0.29) is 22.5 Å². The fourth-order valence-corrected chi connectivity index (χ4v) is 4.65. The number of nitrogens with zero attached hydrogens (tertiary/aromatic N) is 2. The van der Waals surface area contributed by atoms with Crippen LogP contribution in [-0.2, 0) is 10.8 Å². The highest BCUT2D eigenvalue weighted by Crippen LogP contribution is 2.49. The predicted octanol–water partition coefficient (Wildman–Crippen LogP) is 5.99. The Labute approximate surface area is 212 Å². The molecule has 0 bridgehead atoms. The number of benzene rings is 2. The minimum absolute atomic E-state index is 0.0300. The molecule has 1 aromatic heterocycles. The largest absolute Gasteiger partial charge is 0.507 e. The number of nitrogens with two attached hydrogens (primary N) is 1. The summed E-state index contributed by atoms with van der Waals surface area (Å²) in [6, 6.07) is 13.9. The monoisotopic (exact) mass is 486 g/mol. The molecule has 0 spiro atoms. The molecule has 0 saturated heterocycles. The summed E-state index contributed by atoms with van der Waals surface area (Å²) in [5.41, 5.74) is 10.7. The third kappa shape index (κ3) is 4.39. The van der Waals surface area contributed by atoms with E-state index in [1.54, 1.807) is 0 Å². The summed E-state index contributed by atoms with van der Waals surface area (Å²) >= 11 is 0. The Kier molecular flexibility index (Phi) is 6.25. The van der Waals surface area contributed by atoms with E-state index in [4.69, 9.17) is 15.2 Å². The van der Waals surface area contributed by atoms with Crippen LogP contribution in [-0.4, -0.2) is 21.9 Å². The maximum atomic E-state index is 11.3. The summed E-state index contributed by atoms with van der Waals surface area (Å²) in [7, 11) is 0. The zero-order valence-electron chi connectivity index (χ0n) is 22.0. The van der Waals surface area contributed by atoms with Gasteiger partial charge in [0, 0.05) is 5.56 Å². The number of phenols is 1. The summed E-state index contributed by atoms with van der Waals surface area (Å²) in [4.78, 5) is 0. The summed E-state index contributed by atoms with van der Waals surface area (Å²) in [6.45, 7) is 14.9. The minimum atomic E-state index is -0.526. The topological polar surface area (TPSA) is 117 Å². The molecule has 0 aliphatic carbocycles. The standard InChI is InChI=1S/C29H34N4O3/c1-8-35-18-11-9-16(10-12-18)24-23-22(19(15-30)26(31)36-27(23)33-32-24)17-13-20(28(2,3)4)25(34)21(14-17)29(5,6)7/h9-14,22,34H,8,31H2,1-7H3,(H,32,33)/t22-/m1/s1. The number of hydrogen-bond donors (Lipinski definition) is 3. The molecule has 188 valence electrons.